The monoisotopic (exact) mass is 1150 g/mol. The first-order chi connectivity index (χ1) is 44.4. The molecule has 0 saturated carbocycles. The molecular formula is C76H38N14. The summed E-state index contributed by atoms with van der Waals surface area (Å²) < 4.78 is 0. The lowest BCUT2D eigenvalue weighted by molar-refractivity contribution is 1.19. The van der Waals surface area contributed by atoms with Crippen LogP contribution in [0.25, 0.3) is 157 Å². The lowest BCUT2D eigenvalue weighted by Crippen LogP contribution is -2.02. The van der Waals surface area contributed by atoms with Crippen LogP contribution in [0, 0.1) is 53.7 Å². The minimum atomic E-state index is -0.298. The molecule has 412 valence electrons. The molecule has 0 aliphatic carbocycles. The fourth-order valence-corrected chi connectivity index (χ4v) is 11.7. The van der Waals surface area contributed by atoms with Crippen LogP contribution in [0.1, 0.15) is 17.1 Å². The molecule has 0 bridgehead atoms. The van der Waals surface area contributed by atoms with E-state index in [0.29, 0.717) is 0 Å². The van der Waals surface area contributed by atoms with Crippen molar-refractivity contribution in [3.63, 3.8) is 0 Å². The second-order valence-electron chi connectivity index (χ2n) is 20.7. The van der Waals surface area contributed by atoms with E-state index in [9.17, 15) is 15.8 Å². The number of hydrogen-bond donors (Lipinski definition) is 0. The lowest BCUT2D eigenvalue weighted by atomic mass is 9.85. The number of pyridine rings is 2. The van der Waals surface area contributed by atoms with Crippen LogP contribution >= 0.6 is 0 Å². The minimum Gasteiger partial charge on any atom is -0.370 e. The minimum absolute atomic E-state index is 0.000622. The molecule has 16 aromatic rings. The van der Waals surface area contributed by atoms with Crippen LogP contribution in [0.5, 0.6) is 0 Å². The Balaban J connectivity index is 0.000000119. The first-order valence-corrected chi connectivity index (χ1v) is 28.2. The summed E-state index contributed by atoms with van der Waals surface area (Å²) in [5, 5.41) is 40.4. The van der Waals surface area contributed by atoms with Crippen molar-refractivity contribution in [1.82, 2.24) is 39.9 Å². The predicted molar refractivity (Wildman–Crippen MR) is 354 cm³/mol. The van der Waals surface area contributed by atoms with Crippen molar-refractivity contribution >= 4 is 115 Å². The zero-order chi connectivity index (χ0) is 61.2. The summed E-state index contributed by atoms with van der Waals surface area (Å²) in [6.45, 7) is 21.7. The van der Waals surface area contributed by atoms with Gasteiger partial charge in [0.2, 0.25) is 11.0 Å². The summed E-state index contributed by atoms with van der Waals surface area (Å²) in [5.41, 5.74) is 10.9. The zero-order valence-corrected chi connectivity index (χ0v) is 47.2. The Morgan fingerprint density at radius 1 is 0.278 bits per heavy atom. The molecule has 11 aromatic carbocycles. The third kappa shape index (κ3) is 9.45. The molecule has 0 aliphatic heterocycles. The van der Waals surface area contributed by atoms with Crippen LogP contribution in [0.2, 0.25) is 0 Å². The summed E-state index contributed by atoms with van der Waals surface area (Å²) in [6.07, 6.45) is 3.75. The third-order valence-corrected chi connectivity index (χ3v) is 15.7. The molecule has 0 fully saturated rings. The van der Waals surface area contributed by atoms with Gasteiger partial charge in [-0.1, -0.05) is 214 Å². The summed E-state index contributed by atoms with van der Waals surface area (Å²) in [7, 11) is 0. The van der Waals surface area contributed by atoms with Gasteiger partial charge < -0.3 is 14.5 Å². The van der Waals surface area contributed by atoms with Gasteiger partial charge in [-0.2, -0.15) is 15.8 Å². The quantitative estimate of drug-likeness (QED) is 0.0926. The first kappa shape index (κ1) is 54.2. The van der Waals surface area contributed by atoms with Crippen LogP contribution < -0.4 is 0 Å². The van der Waals surface area contributed by atoms with Crippen LogP contribution in [0.3, 0.4) is 0 Å². The summed E-state index contributed by atoms with van der Waals surface area (Å²) >= 11 is 0. The fourth-order valence-electron chi connectivity index (χ4n) is 11.7. The molecule has 16 rings (SSSR count). The first-order valence-electron chi connectivity index (χ1n) is 28.2. The Hall–Kier alpha value is -13.8. The van der Waals surface area contributed by atoms with Gasteiger partial charge in [-0.05, 0) is 112 Å². The highest BCUT2D eigenvalue weighted by Gasteiger charge is 2.28. The predicted octanol–water partition coefficient (Wildman–Crippen LogP) is 18.5. The molecule has 0 unspecified atom stereocenters. The maximum atomic E-state index is 9.30. The molecule has 5 aromatic heterocycles. The van der Waals surface area contributed by atoms with E-state index in [0.717, 1.165) is 21.8 Å². The van der Waals surface area contributed by atoms with E-state index in [4.69, 9.17) is 19.7 Å². The van der Waals surface area contributed by atoms with Gasteiger partial charge in [0.1, 0.15) is 34.8 Å². The molecule has 14 nitrogen and oxygen atoms in total. The number of nitriles is 3. The van der Waals surface area contributed by atoms with Gasteiger partial charge >= 0.3 is 5.82 Å². The lowest BCUT2D eigenvalue weighted by Gasteiger charge is -2.18. The Bertz CT molecular complexity index is 5300. The standard InChI is InChI=1S/C34H22.C24H16N2.C18N12/c1-3-11-25-21-27(19-17-23(25)9-1)33-29-13-5-7-15-31(29)34(32-16-8-6-14-30(32)33)28-20-18-24-10-2-4-12-26(24)22-28;1-3-7-17(8-4-1)19-13-15-25-23-21(19)11-12-22-20(14-16-26-24(22)23)18-9-5-2-6-10-18;1-22-16-9(6-21)27-12-10-11(26-8(5-20)7(4-19)25-10)14-15(13(12)28-16)30-18(24-3)17(23-2)29-14/h1-22H;1-16H;. The molecule has 0 radical (unpaired) electrons. The van der Waals surface area contributed by atoms with Gasteiger partial charge in [0.15, 0.2) is 17.1 Å². The molecule has 0 saturated heterocycles. The zero-order valence-electron chi connectivity index (χ0n) is 47.2. The number of nitrogens with zero attached hydrogens (tertiary/aromatic N) is 14. The van der Waals surface area contributed by atoms with Crippen molar-refractivity contribution in [2.24, 2.45) is 0 Å². The summed E-state index contributed by atoms with van der Waals surface area (Å²) in [4.78, 5) is 43.7. The van der Waals surface area contributed by atoms with Crippen molar-refractivity contribution in [3.8, 4) is 62.7 Å². The highest BCUT2D eigenvalue weighted by Crippen LogP contribution is 2.45. The van der Waals surface area contributed by atoms with Crippen LogP contribution in [0.15, 0.2) is 231 Å². The van der Waals surface area contributed by atoms with Crippen molar-refractivity contribution in [1.29, 1.82) is 15.8 Å². The highest BCUT2D eigenvalue weighted by atomic mass is 15.0. The van der Waals surface area contributed by atoms with E-state index >= 15 is 0 Å². The smallest absolute Gasteiger partial charge is 0.307 e. The Morgan fingerprint density at radius 3 is 0.989 bits per heavy atom. The normalized spacial score (nSPS) is 10.8. The van der Waals surface area contributed by atoms with Crippen molar-refractivity contribution in [2.75, 3.05) is 0 Å². The molecule has 5 heterocycles. The van der Waals surface area contributed by atoms with E-state index in [1.807, 2.05) is 24.5 Å². The van der Waals surface area contributed by atoms with Crippen molar-refractivity contribution in [3.05, 3.63) is 282 Å². The largest absolute Gasteiger partial charge is 0.370 e. The van der Waals surface area contributed by atoms with Crippen LogP contribution in [-0.4, -0.2) is 39.9 Å². The Labute approximate surface area is 513 Å². The maximum absolute atomic E-state index is 9.30. The number of hydrogen-bond acceptors (Lipinski definition) is 11. The van der Waals surface area contributed by atoms with E-state index < -0.39 is 0 Å². The van der Waals surface area contributed by atoms with Gasteiger partial charge in [-0.25, -0.2) is 15.0 Å². The van der Waals surface area contributed by atoms with Gasteiger partial charge in [0, 0.05) is 23.2 Å². The fraction of sp³-hybridized carbons (Fsp3) is 0. The van der Waals surface area contributed by atoms with E-state index in [2.05, 4.69) is 261 Å². The SMILES string of the molecule is [C-]#[N+]c1nc2c(nc1C#N)c1nc(C#N)c(C#N)nc1c1nc([N+]#[C-])c([N+]#[C-])nc21.c1ccc(-c2ccnc3c2ccc2c(-c4ccccc4)ccnc23)cc1.c1ccc2cc(-c3c4ccccc4c(-c4ccc5ccccc5c4)c4ccccc34)ccc2c1. The molecule has 90 heavy (non-hydrogen) atoms. The third-order valence-electron chi connectivity index (χ3n) is 15.7. The Morgan fingerprint density at radius 2 is 0.611 bits per heavy atom. The van der Waals surface area contributed by atoms with Gasteiger partial charge in [0.25, 0.3) is 17.2 Å². The van der Waals surface area contributed by atoms with E-state index in [1.54, 1.807) is 18.2 Å². The summed E-state index contributed by atoms with van der Waals surface area (Å²) in [6, 6.07) is 83.2. The van der Waals surface area contributed by atoms with Crippen molar-refractivity contribution < 1.29 is 0 Å². The van der Waals surface area contributed by atoms with E-state index in [-0.39, 0.29) is 67.6 Å². The van der Waals surface area contributed by atoms with Gasteiger partial charge in [0.05, 0.1) is 11.0 Å². The second kappa shape index (κ2) is 23.0. The second-order valence-corrected chi connectivity index (χ2v) is 20.7. The summed E-state index contributed by atoms with van der Waals surface area (Å²) in [5.74, 6) is -0.890. The molecule has 0 spiro atoms. The molecule has 14 heteroatoms. The number of benzene rings is 11. The van der Waals surface area contributed by atoms with E-state index in [1.165, 1.54) is 87.6 Å². The molecular weight excluding hydrogens is 1110 g/mol. The number of aromatic nitrogens is 8. The average molecular weight is 1150 g/mol. The molecule has 0 N–H and O–H groups in total. The van der Waals surface area contributed by atoms with Crippen molar-refractivity contribution in [2.45, 2.75) is 0 Å². The van der Waals surface area contributed by atoms with Gasteiger partial charge in [-0.15, -0.1) is 15.0 Å². The van der Waals surface area contributed by atoms with Crippen LogP contribution in [0.4, 0.5) is 17.5 Å². The average Bonchev–Trinajstić information content (AvgIpc) is 0.759. The van der Waals surface area contributed by atoms with Gasteiger partial charge in [-0.3, -0.25) is 9.97 Å². The van der Waals surface area contributed by atoms with Crippen LogP contribution in [-0.2, 0) is 0 Å². The molecule has 0 aliphatic rings. The molecule has 0 amide bonds. The highest BCUT2D eigenvalue weighted by molar-refractivity contribution is 6.23. The maximum Gasteiger partial charge on any atom is 0.307 e. The molecule has 0 atom stereocenters. The number of fused-ring (bicyclic) bond motifs is 13. The topological polar surface area (TPSA) is 188 Å². The number of rotatable bonds is 4. The Kier molecular flexibility index (Phi) is 13.9.